The summed E-state index contributed by atoms with van der Waals surface area (Å²) in [5, 5.41) is 17.6. The molecule has 0 saturated heterocycles. The summed E-state index contributed by atoms with van der Waals surface area (Å²) in [6, 6.07) is 29.7. The summed E-state index contributed by atoms with van der Waals surface area (Å²) >= 11 is 0. The molecule has 0 heterocycles. The van der Waals surface area contributed by atoms with Crippen LogP contribution in [0.15, 0.2) is 97.1 Å². The fourth-order valence-corrected chi connectivity index (χ4v) is 6.08. The maximum absolute atomic E-state index is 14.1. The molecule has 5 rings (SSSR count). The molecular formula is C37H38N2O5. The summed E-state index contributed by atoms with van der Waals surface area (Å²) < 4.78 is 6.15. The van der Waals surface area contributed by atoms with Crippen LogP contribution in [-0.4, -0.2) is 28.3 Å². The molecule has 1 saturated carbocycles. The fourth-order valence-electron chi connectivity index (χ4n) is 6.08. The SMILES string of the molecule is Cc1ccccc1COc1cccc(C2C(C(=O)Nc3ccccc3C)C(=O)CC(C)(O)C2C(=O)Nc2ccccc2C)c1. The molecule has 4 aromatic carbocycles. The fraction of sp³-hybridized carbons (Fsp3) is 0.270. The van der Waals surface area contributed by atoms with Gasteiger partial charge in [-0.05, 0) is 79.8 Å². The number of Topliss-reactive ketones (excluding diaryl/α,β-unsaturated/α-hetero) is 1. The second-order valence-corrected chi connectivity index (χ2v) is 11.9. The average Bonchev–Trinajstić information content (AvgIpc) is 2.98. The number of anilines is 2. The van der Waals surface area contributed by atoms with E-state index in [0.29, 0.717) is 29.3 Å². The van der Waals surface area contributed by atoms with Gasteiger partial charge in [-0.15, -0.1) is 0 Å². The van der Waals surface area contributed by atoms with Crippen LogP contribution in [0.1, 0.15) is 47.1 Å². The van der Waals surface area contributed by atoms with E-state index >= 15 is 0 Å². The Balaban J connectivity index is 1.55. The number of benzene rings is 4. The van der Waals surface area contributed by atoms with Crippen LogP contribution in [0, 0.1) is 32.6 Å². The monoisotopic (exact) mass is 590 g/mol. The normalized spacial score (nSPS) is 21.4. The Hall–Kier alpha value is -4.75. The molecule has 4 atom stereocenters. The molecule has 0 radical (unpaired) electrons. The van der Waals surface area contributed by atoms with E-state index in [-0.39, 0.29) is 6.42 Å². The third-order valence-electron chi connectivity index (χ3n) is 8.54. The van der Waals surface area contributed by atoms with Crippen LogP contribution < -0.4 is 15.4 Å². The minimum Gasteiger partial charge on any atom is -0.489 e. The maximum Gasteiger partial charge on any atom is 0.235 e. The molecule has 1 fully saturated rings. The van der Waals surface area contributed by atoms with Crippen molar-refractivity contribution in [1.82, 2.24) is 0 Å². The number of para-hydroxylation sites is 2. The Bertz CT molecular complexity index is 1690. The van der Waals surface area contributed by atoms with Gasteiger partial charge in [-0.3, -0.25) is 14.4 Å². The van der Waals surface area contributed by atoms with Crippen molar-refractivity contribution in [3.63, 3.8) is 0 Å². The quantitative estimate of drug-likeness (QED) is 0.203. The van der Waals surface area contributed by atoms with Crippen molar-refractivity contribution >= 4 is 29.0 Å². The lowest BCUT2D eigenvalue weighted by Gasteiger charge is -2.44. The minimum absolute atomic E-state index is 0.325. The van der Waals surface area contributed by atoms with Crippen LogP contribution in [0.4, 0.5) is 11.4 Å². The molecule has 3 N–H and O–H groups in total. The molecular weight excluding hydrogens is 552 g/mol. The minimum atomic E-state index is -1.72. The van der Waals surface area contributed by atoms with Crippen molar-refractivity contribution in [2.45, 2.75) is 52.2 Å². The van der Waals surface area contributed by atoms with Gasteiger partial charge in [0.1, 0.15) is 24.1 Å². The Morgan fingerprint density at radius 2 is 1.36 bits per heavy atom. The highest BCUT2D eigenvalue weighted by molar-refractivity contribution is 6.10. The van der Waals surface area contributed by atoms with Crippen molar-refractivity contribution < 1.29 is 24.2 Å². The van der Waals surface area contributed by atoms with Gasteiger partial charge in [-0.1, -0.05) is 72.8 Å². The molecule has 0 aliphatic heterocycles. The zero-order valence-electron chi connectivity index (χ0n) is 25.5. The molecule has 1 aliphatic rings. The predicted molar refractivity (Wildman–Crippen MR) is 172 cm³/mol. The molecule has 0 aromatic heterocycles. The zero-order valence-corrected chi connectivity index (χ0v) is 25.5. The van der Waals surface area contributed by atoms with E-state index in [2.05, 4.69) is 10.6 Å². The topological polar surface area (TPSA) is 105 Å². The number of aryl methyl sites for hydroxylation is 3. The van der Waals surface area contributed by atoms with Crippen LogP contribution in [0.25, 0.3) is 0 Å². The molecule has 0 spiro atoms. The van der Waals surface area contributed by atoms with Crippen LogP contribution >= 0.6 is 0 Å². The molecule has 7 heteroatoms. The molecule has 0 bridgehead atoms. The van der Waals surface area contributed by atoms with Gasteiger partial charge in [-0.25, -0.2) is 0 Å². The first-order valence-corrected chi connectivity index (χ1v) is 14.8. The van der Waals surface area contributed by atoms with Crippen LogP contribution in [0.3, 0.4) is 0 Å². The summed E-state index contributed by atoms with van der Waals surface area (Å²) in [4.78, 5) is 41.8. The Morgan fingerprint density at radius 1 is 0.795 bits per heavy atom. The first-order chi connectivity index (χ1) is 21.0. The number of nitrogens with one attached hydrogen (secondary N) is 2. The molecule has 44 heavy (non-hydrogen) atoms. The molecule has 4 aromatic rings. The van der Waals surface area contributed by atoms with E-state index in [9.17, 15) is 19.5 Å². The number of ether oxygens (including phenoxy) is 1. The third kappa shape index (κ3) is 6.58. The summed E-state index contributed by atoms with van der Waals surface area (Å²) in [7, 11) is 0. The highest BCUT2D eigenvalue weighted by atomic mass is 16.5. The van der Waals surface area contributed by atoms with Crippen molar-refractivity contribution in [2.75, 3.05) is 10.6 Å². The number of rotatable bonds is 8. The van der Waals surface area contributed by atoms with Crippen molar-refractivity contribution in [3.05, 3.63) is 125 Å². The smallest absolute Gasteiger partial charge is 0.235 e. The van der Waals surface area contributed by atoms with Gasteiger partial charge in [0.25, 0.3) is 0 Å². The molecule has 4 unspecified atom stereocenters. The van der Waals surface area contributed by atoms with Crippen molar-refractivity contribution in [3.8, 4) is 5.75 Å². The van der Waals surface area contributed by atoms with Gasteiger partial charge in [-0.2, -0.15) is 0 Å². The highest BCUT2D eigenvalue weighted by Gasteiger charge is 2.56. The van der Waals surface area contributed by atoms with E-state index in [1.807, 2.05) is 75.4 Å². The number of aliphatic hydroxyl groups is 1. The van der Waals surface area contributed by atoms with Crippen molar-refractivity contribution in [2.24, 2.45) is 11.8 Å². The van der Waals surface area contributed by atoms with Gasteiger partial charge in [0, 0.05) is 23.7 Å². The standard InChI is InChI=1S/C37H38N2O5/c1-23-12-5-8-15-27(23)22-44-28-17-11-16-26(20-28)32-33(35(41)38-29-18-9-6-13-24(29)2)31(40)21-37(4,43)34(32)36(42)39-30-19-10-7-14-25(30)3/h5-20,32-34,43H,21-22H2,1-4H3,(H,38,41)(H,39,42). The number of hydrogen-bond donors (Lipinski definition) is 3. The van der Waals surface area contributed by atoms with Crippen molar-refractivity contribution in [1.29, 1.82) is 0 Å². The van der Waals surface area contributed by atoms with E-state index in [1.54, 1.807) is 42.5 Å². The number of carbonyl (C=O) groups is 3. The second-order valence-electron chi connectivity index (χ2n) is 11.9. The van der Waals surface area contributed by atoms with Gasteiger partial charge < -0.3 is 20.5 Å². The first kappa shape index (κ1) is 30.7. The van der Waals surface area contributed by atoms with Crippen LogP contribution in [-0.2, 0) is 21.0 Å². The lowest BCUT2D eigenvalue weighted by Crippen LogP contribution is -2.56. The van der Waals surface area contributed by atoms with Gasteiger partial charge in [0.2, 0.25) is 11.8 Å². The third-order valence-corrected chi connectivity index (χ3v) is 8.54. The Labute approximate surface area is 258 Å². The number of ketones is 1. The highest BCUT2D eigenvalue weighted by Crippen LogP contribution is 2.47. The molecule has 2 amide bonds. The van der Waals surface area contributed by atoms with Crippen LogP contribution in [0.5, 0.6) is 5.75 Å². The lowest BCUT2D eigenvalue weighted by molar-refractivity contribution is -0.150. The maximum atomic E-state index is 14.1. The van der Waals surface area contributed by atoms with Gasteiger partial charge in [0.15, 0.2) is 0 Å². The summed E-state index contributed by atoms with van der Waals surface area (Å²) in [6.07, 6.45) is -0.343. The lowest BCUT2D eigenvalue weighted by atomic mass is 9.61. The van der Waals surface area contributed by atoms with E-state index < -0.39 is 41.0 Å². The number of hydrogen-bond acceptors (Lipinski definition) is 5. The Kier molecular flexibility index (Phi) is 8.97. The summed E-state index contributed by atoms with van der Waals surface area (Å²) in [6.45, 7) is 7.58. The summed E-state index contributed by atoms with van der Waals surface area (Å²) in [5.41, 5.74) is 3.83. The van der Waals surface area contributed by atoms with Gasteiger partial charge in [0.05, 0.1) is 11.5 Å². The molecule has 226 valence electrons. The molecule has 7 nitrogen and oxygen atoms in total. The van der Waals surface area contributed by atoms with E-state index in [4.69, 9.17) is 4.74 Å². The van der Waals surface area contributed by atoms with Crippen LogP contribution in [0.2, 0.25) is 0 Å². The number of carbonyl (C=O) groups excluding carboxylic acids is 3. The zero-order chi connectivity index (χ0) is 31.4. The van der Waals surface area contributed by atoms with E-state index in [0.717, 1.165) is 22.3 Å². The first-order valence-electron chi connectivity index (χ1n) is 14.8. The van der Waals surface area contributed by atoms with Gasteiger partial charge >= 0.3 is 0 Å². The second kappa shape index (κ2) is 12.9. The average molecular weight is 591 g/mol. The largest absolute Gasteiger partial charge is 0.489 e. The number of amides is 2. The predicted octanol–water partition coefficient (Wildman–Crippen LogP) is 6.51. The Morgan fingerprint density at radius 3 is 1.98 bits per heavy atom. The molecule has 1 aliphatic carbocycles. The van der Waals surface area contributed by atoms with E-state index in [1.165, 1.54) is 6.92 Å². The summed E-state index contributed by atoms with van der Waals surface area (Å²) in [5.74, 6) is -4.22.